The van der Waals surface area contributed by atoms with Crippen LogP contribution in [0.4, 0.5) is 0 Å². The second kappa shape index (κ2) is 11.9. The van der Waals surface area contributed by atoms with Gasteiger partial charge in [-0.15, -0.1) is 23.5 Å². The Bertz CT molecular complexity index is 566. The summed E-state index contributed by atoms with van der Waals surface area (Å²) in [4.78, 5) is 0. The molecule has 1 saturated carbocycles. The van der Waals surface area contributed by atoms with E-state index < -0.39 is 0 Å². The van der Waals surface area contributed by atoms with E-state index in [0.717, 1.165) is 22.3 Å². The molecule has 0 radical (unpaired) electrons. The number of rotatable bonds is 9. The predicted octanol–water partition coefficient (Wildman–Crippen LogP) is 8.61. The van der Waals surface area contributed by atoms with Gasteiger partial charge in [-0.25, -0.2) is 0 Å². The average Bonchev–Trinajstić information content (AvgIpc) is 2.73. The Morgan fingerprint density at radius 1 is 0.893 bits per heavy atom. The van der Waals surface area contributed by atoms with Gasteiger partial charge in [-0.1, -0.05) is 57.7 Å². The maximum absolute atomic E-state index is 2.49. The molecule has 0 unspecified atom stereocenters. The Morgan fingerprint density at radius 2 is 1.61 bits per heavy atom. The van der Waals surface area contributed by atoms with Crippen molar-refractivity contribution in [3.8, 4) is 0 Å². The maximum atomic E-state index is 2.49. The van der Waals surface area contributed by atoms with Crippen LogP contribution >= 0.6 is 23.5 Å². The van der Waals surface area contributed by atoms with Crippen molar-refractivity contribution >= 4 is 23.5 Å². The first-order valence-electron chi connectivity index (χ1n) is 12.0. The zero-order valence-corrected chi connectivity index (χ0v) is 20.2. The Morgan fingerprint density at radius 3 is 2.25 bits per heavy atom. The number of benzene rings is 1. The molecule has 2 aliphatic rings. The molecular formula is C26H42S2. The van der Waals surface area contributed by atoms with Crippen LogP contribution in [-0.2, 0) is 6.42 Å². The second-order valence-corrected chi connectivity index (χ2v) is 12.0. The van der Waals surface area contributed by atoms with E-state index in [2.05, 4.69) is 62.5 Å². The van der Waals surface area contributed by atoms with Gasteiger partial charge in [-0.3, -0.25) is 0 Å². The first-order chi connectivity index (χ1) is 13.7. The lowest BCUT2D eigenvalue weighted by Gasteiger charge is -2.37. The fourth-order valence-corrected chi connectivity index (χ4v) is 8.71. The van der Waals surface area contributed by atoms with Crippen LogP contribution < -0.4 is 0 Å². The lowest BCUT2D eigenvalue weighted by atomic mass is 9.78. The summed E-state index contributed by atoms with van der Waals surface area (Å²) in [7, 11) is 0. The molecule has 2 fully saturated rings. The van der Waals surface area contributed by atoms with Gasteiger partial charge in [0.2, 0.25) is 0 Å². The first-order valence-corrected chi connectivity index (χ1v) is 14.1. The molecule has 0 amide bonds. The van der Waals surface area contributed by atoms with Crippen LogP contribution in [0.2, 0.25) is 0 Å². The summed E-state index contributed by atoms with van der Waals surface area (Å²) in [6, 6.07) is 7.39. The minimum Gasteiger partial charge on any atom is -0.147 e. The third-order valence-corrected chi connectivity index (χ3v) is 10.5. The van der Waals surface area contributed by atoms with Crippen molar-refractivity contribution in [3.05, 3.63) is 34.9 Å². The minimum atomic E-state index is 0.817. The van der Waals surface area contributed by atoms with Crippen LogP contribution in [-0.4, -0.2) is 16.1 Å². The molecule has 3 rings (SSSR count). The van der Waals surface area contributed by atoms with Crippen molar-refractivity contribution in [2.45, 2.75) is 102 Å². The predicted molar refractivity (Wildman–Crippen MR) is 131 cm³/mol. The molecule has 1 saturated heterocycles. The highest BCUT2D eigenvalue weighted by Gasteiger charge is 2.32. The molecule has 0 nitrogen and oxygen atoms in total. The smallest absolute Gasteiger partial charge is 0.0530 e. The number of thioether (sulfide) groups is 2. The molecule has 1 heterocycles. The van der Waals surface area contributed by atoms with E-state index in [1.807, 2.05) is 0 Å². The topological polar surface area (TPSA) is 0 Å². The molecule has 1 aromatic carbocycles. The monoisotopic (exact) mass is 418 g/mol. The van der Waals surface area contributed by atoms with Crippen LogP contribution in [0.25, 0.3) is 0 Å². The zero-order chi connectivity index (χ0) is 19.8. The molecule has 0 aromatic heterocycles. The summed E-state index contributed by atoms with van der Waals surface area (Å²) < 4.78 is 0.890. The van der Waals surface area contributed by atoms with E-state index in [0.29, 0.717) is 0 Å². The molecule has 0 atom stereocenters. The zero-order valence-electron chi connectivity index (χ0n) is 18.6. The number of unbranched alkanes of at least 4 members (excludes halogenated alkanes) is 3. The molecule has 28 heavy (non-hydrogen) atoms. The van der Waals surface area contributed by atoms with Gasteiger partial charge < -0.3 is 0 Å². The largest absolute Gasteiger partial charge is 0.147 e. The molecule has 1 aliphatic heterocycles. The Labute approximate surface area is 183 Å². The van der Waals surface area contributed by atoms with Crippen LogP contribution in [0.5, 0.6) is 0 Å². The minimum absolute atomic E-state index is 0.817. The highest BCUT2D eigenvalue weighted by atomic mass is 32.2. The third kappa shape index (κ3) is 6.46. The van der Waals surface area contributed by atoms with Crippen LogP contribution in [0.1, 0.15) is 101 Å². The van der Waals surface area contributed by atoms with Gasteiger partial charge in [0.15, 0.2) is 0 Å². The summed E-state index contributed by atoms with van der Waals surface area (Å²) in [6.45, 7) is 6.97. The number of hydrogen-bond donors (Lipinski definition) is 0. The quantitative estimate of drug-likeness (QED) is 0.368. The summed E-state index contributed by atoms with van der Waals surface area (Å²) in [5, 5.41) is 0. The standard InChI is InChI=1S/C26H42S2/c1-4-6-8-10-21-11-16-25(20(3)17-21)23-12-14-24(15-13-23)26-27-18-22(19-28-26)9-7-5-2/h11,16-17,22-24,26H,4-10,12-15,18-19H2,1-3H3/t22?,23-,24-,26?. The van der Waals surface area contributed by atoms with Crippen molar-refractivity contribution in [1.82, 2.24) is 0 Å². The highest BCUT2D eigenvalue weighted by molar-refractivity contribution is 8.17. The van der Waals surface area contributed by atoms with Gasteiger partial charge in [-0.05, 0) is 97.8 Å². The van der Waals surface area contributed by atoms with Crippen molar-refractivity contribution in [2.24, 2.45) is 11.8 Å². The van der Waals surface area contributed by atoms with Gasteiger partial charge in [0.1, 0.15) is 0 Å². The fourth-order valence-electron chi connectivity index (χ4n) is 5.12. The molecule has 0 N–H and O–H groups in total. The van der Waals surface area contributed by atoms with E-state index in [1.54, 1.807) is 16.7 Å². The summed E-state index contributed by atoms with van der Waals surface area (Å²) in [5.41, 5.74) is 4.76. The molecule has 2 heteroatoms. The van der Waals surface area contributed by atoms with E-state index in [9.17, 15) is 0 Å². The Balaban J connectivity index is 1.45. The number of aryl methyl sites for hydroxylation is 2. The normalized spacial score (nSPS) is 28.4. The van der Waals surface area contributed by atoms with Crippen molar-refractivity contribution < 1.29 is 0 Å². The Hall–Kier alpha value is -0.0800. The van der Waals surface area contributed by atoms with E-state index in [4.69, 9.17) is 0 Å². The van der Waals surface area contributed by atoms with Gasteiger partial charge >= 0.3 is 0 Å². The van der Waals surface area contributed by atoms with Crippen LogP contribution in [0.3, 0.4) is 0 Å². The maximum Gasteiger partial charge on any atom is 0.0530 e. The van der Waals surface area contributed by atoms with Gasteiger partial charge in [-0.2, -0.15) is 0 Å². The summed E-state index contributed by atoms with van der Waals surface area (Å²) in [6.07, 6.45) is 15.3. The van der Waals surface area contributed by atoms with Gasteiger partial charge in [0.05, 0.1) is 4.58 Å². The van der Waals surface area contributed by atoms with Crippen molar-refractivity contribution in [2.75, 3.05) is 11.5 Å². The lowest BCUT2D eigenvalue weighted by molar-refractivity contribution is 0.342. The third-order valence-electron chi connectivity index (χ3n) is 6.96. The van der Waals surface area contributed by atoms with Crippen molar-refractivity contribution in [1.29, 1.82) is 0 Å². The molecular weight excluding hydrogens is 376 g/mol. The van der Waals surface area contributed by atoms with Gasteiger partial charge in [0.25, 0.3) is 0 Å². The molecule has 1 aromatic rings. The summed E-state index contributed by atoms with van der Waals surface area (Å²) >= 11 is 4.61. The summed E-state index contributed by atoms with van der Waals surface area (Å²) in [5.74, 6) is 5.62. The SMILES string of the molecule is CCCCCc1ccc([C@H]2CC[C@H](C3SCC(CCCC)CS3)CC2)c(C)c1. The van der Waals surface area contributed by atoms with Crippen LogP contribution in [0.15, 0.2) is 18.2 Å². The van der Waals surface area contributed by atoms with E-state index in [-0.39, 0.29) is 0 Å². The molecule has 0 bridgehead atoms. The lowest BCUT2D eigenvalue weighted by Crippen LogP contribution is -2.26. The molecule has 0 spiro atoms. The highest BCUT2D eigenvalue weighted by Crippen LogP contribution is 2.47. The average molecular weight is 419 g/mol. The fraction of sp³-hybridized carbons (Fsp3) is 0.769. The molecule has 1 aliphatic carbocycles. The second-order valence-electron chi connectivity index (χ2n) is 9.30. The van der Waals surface area contributed by atoms with E-state index in [1.165, 1.54) is 82.1 Å². The van der Waals surface area contributed by atoms with Gasteiger partial charge in [0, 0.05) is 0 Å². The first kappa shape index (κ1) is 22.6. The van der Waals surface area contributed by atoms with Crippen molar-refractivity contribution in [3.63, 3.8) is 0 Å². The molecule has 158 valence electrons. The van der Waals surface area contributed by atoms with Crippen LogP contribution in [0, 0.1) is 18.8 Å². The Kier molecular flexibility index (Phi) is 9.64. The van der Waals surface area contributed by atoms with E-state index >= 15 is 0 Å². The number of hydrogen-bond acceptors (Lipinski definition) is 2.